The van der Waals surface area contributed by atoms with Gasteiger partial charge in [-0.1, -0.05) is 30.3 Å². The number of nitrogens with zero attached hydrogens (tertiary/aromatic N) is 2. The molecule has 7 nitrogen and oxygen atoms in total. The van der Waals surface area contributed by atoms with E-state index in [4.69, 9.17) is 23.9 Å². The van der Waals surface area contributed by atoms with Crippen LogP contribution in [0, 0.1) is 19.3 Å². The highest BCUT2D eigenvalue weighted by atomic mass is 16.6. The summed E-state index contributed by atoms with van der Waals surface area (Å²) in [6.07, 6.45) is 0.651. The Hall–Kier alpha value is -2.90. The minimum Gasteiger partial charge on any atom is -0.477 e. The van der Waals surface area contributed by atoms with Crippen molar-refractivity contribution < 1.29 is 23.7 Å². The van der Waals surface area contributed by atoms with Crippen molar-refractivity contribution in [2.75, 3.05) is 20.3 Å². The molecule has 0 fully saturated rings. The maximum absolute atomic E-state index is 13.1. The van der Waals surface area contributed by atoms with Crippen LogP contribution < -0.4 is 4.74 Å². The van der Waals surface area contributed by atoms with E-state index in [-0.39, 0.29) is 5.97 Å². The minimum absolute atomic E-state index is 0.319. The number of benzene rings is 1. The number of rotatable bonds is 6. The van der Waals surface area contributed by atoms with Crippen LogP contribution in [0.1, 0.15) is 56.3 Å². The molecule has 2 aromatic heterocycles. The van der Waals surface area contributed by atoms with E-state index in [0.717, 1.165) is 28.2 Å². The van der Waals surface area contributed by atoms with Gasteiger partial charge in [0.05, 0.1) is 24.3 Å². The van der Waals surface area contributed by atoms with Crippen LogP contribution in [0.2, 0.25) is 0 Å². The van der Waals surface area contributed by atoms with Gasteiger partial charge >= 0.3 is 5.97 Å². The number of esters is 1. The third kappa shape index (κ3) is 4.18. The van der Waals surface area contributed by atoms with Gasteiger partial charge in [-0.05, 0) is 53.2 Å². The molecule has 3 aromatic rings. The van der Waals surface area contributed by atoms with E-state index in [1.807, 2.05) is 88.5 Å². The number of hydrogen-bond donors (Lipinski definition) is 0. The van der Waals surface area contributed by atoms with E-state index in [0.29, 0.717) is 19.0 Å². The topological polar surface area (TPSA) is 71.3 Å². The minimum atomic E-state index is -0.997. The number of hydrogen-bond acceptors (Lipinski definition) is 6. The normalized spacial score (nSPS) is 22.3. The van der Waals surface area contributed by atoms with Crippen molar-refractivity contribution in [2.24, 2.45) is 5.41 Å². The standard InChI is InChI=1S/C27H34N2O5/c1-17-18(2)29-14-13-20-22(24(29)28-17)33-21(19-11-9-8-10-12-19)23(34-25(30)26(3,4)5)27(20,6)32-16-15-31-7/h8-14,21,23H,15-16H2,1-7H3/t21-,23-,27+/m1/s1. The number of carbonyl (C=O) groups excluding carboxylic acids is 1. The smallest absolute Gasteiger partial charge is 0.311 e. The molecule has 0 unspecified atom stereocenters. The van der Waals surface area contributed by atoms with Crippen LogP contribution in [-0.4, -0.2) is 41.8 Å². The number of methoxy groups -OCH3 is 1. The van der Waals surface area contributed by atoms with Crippen LogP contribution in [0.5, 0.6) is 5.75 Å². The molecule has 0 aliphatic carbocycles. The summed E-state index contributed by atoms with van der Waals surface area (Å²) in [5, 5.41) is 0. The van der Waals surface area contributed by atoms with Gasteiger partial charge in [-0.2, -0.15) is 0 Å². The monoisotopic (exact) mass is 466 g/mol. The average molecular weight is 467 g/mol. The largest absolute Gasteiger partial charge is 0.477 e. The average Bonchev–Trinajstić information content (AvgIpc) is 3.09. The molecule has 3 heterocycles. The number of pyridine rings is 1. The molecule has 7 heteroatoms. The summed E-state index contributed by atoms with van der Waals surface area (Å²) in [6, 6.07) is 11.8. The predicted molar refractivity (Wildman–Crippen MR) is 129 cm³/mol. The molecule has 0 saturated carbocycles. The second-order valence-electron chi connectivity index (χ2n) is 10.0. The lowest BCUT2D eigenvalue weighted by Crippen LogP contribution is -2.52. The van der Waals surface area contributed by atoms with Crippen LogP contribution in [-0.2, 0) is 24.6 Å². The fraction of sp³-hybridized carbons (Fsp3) is 0.481. The maximum atomic E-state index is 13.1. The number of imidazole rings is 1. The van der Waals surface area contributed by atoms with E-state index in [1.165, 1.54) is 0 Å². The molecule has 182 valence electrons. The third-order valence-corrected chi connectivity index (χ3v) is 6.49. The van der Waals surface area contributed by atoms with Crippen molar-refractivity contribution in [1.29, 1.82) is 0 Å². The highest BCUT2D eigenvalue weighted by Gasteiger charge is 2.53. The Morgan fingerprint density at radius 3 is 2.50 bits per heavy atom. The van der Waals surface area contributed by atoms with Crippen molar-refractivity contribution in [1.82, 2.24) is 9.38 Å². The molecule has 1 aliphatic rings. The highest BCUT2D eigenvalue weighted by molar-refractivity contribution is 5.76. The summed E-state index contributed by atoms with van der Waals surface area (Å²) in [6.45, 7) is 12.2. The molecule has 0 amide bonds. The Morgan fingerprint density at radius 2 is 1.85 bits per heavy atom. The Morgan fingerprint density at radius 1 is 1.15 bits per heavy atom. The lowest BCUT2D eigenvalue weighted by atomic mass is 9.81. The van der Waals surface area contributed by atoms with Crippen molar-refractivity contribution in [3.05, 3.63) is 65.1 Å². The fourth-order valence-electron chi connectivity index (χ4n) is 4.30. The Kier molecular flexibility index (Phi) is 6.44. The number of fused-ring (bicyclic) bond motifs is 3. The van der Waals surface area contributed by atoms with E-state index < -0.39 is 23.2 Å². The van der Waals surface area contributed by atoms with Crippen molar-refractivity contribution in [3.63, 3.8) is 0 Å². The Bertz CT molecular complexity index is 1180. The summed E-state index contributed by atoms with van der Waals surface area (Å²) in [5.74, 6) is 0.316. The van der Waals surface area contributed by atoms with Crippen LogP contribution in [0.25, 0.3) is 5.65 Å². The van der Waals surface area contributed by atoms with E-state index in [1.54, 1.807) is 7.11 Å². The van der Waals surface area contributed by atoms with Gasteiger partial charge in [0.25, 0.3) is 0 Å². The van der Waals surface area contributed by atoms with Gasteiger partial charge in [0.15, 0.2) is 23.6 Å². The first-order chi connectivity index (χ1) is 16.1. The first-order valence-electron chi connectivity index (χ1n) is 11.6. The zero-order chi connectivity index (χ0) is 24.7. The van der Waals surface area contributed by atoms with Gasteiger partial charge in [0.2, 0.25) is 0 Å². The summed E-state index contributed by atoms with van der Waals surface area (Å²) in [5.41, 5.74) is 2.69. The molecular weight excluding hydrogens is 432 g/mol. The molecule has 0 saturated heterocycles. The van der Waals surface area contributed by atoms with Gasteiger partial charge in [0, 0.05) is 24.6 Å². The molecule has 34 heavy (non-hydrogen) atoms. The van der Waals surface area contributed by atoms with Gasteiger partial charge < -0.3 is 23.3 Å². The summed E-state index contributed by atoms with van der Waals surface area (Å²) in [7, 11) is 1.63. The fourth-order valence-corrected chi connectivity index (χ4v) is 4.30. The number of ether oxygens (including phenoxy) is 4. The molecule has 0 radical (unpaired) electrons. The van der Waals surface area contributed by atoms with Gasteiger partial charge in [-0.25, -0.2) is 4.98 Å². The van der Waals surface area contributed by atoms with Crippen LogP contribution in [0.15, 0.2) is 42.6 Å². The number of aryl methyl sites for hydroxylation is 2. The molecule has 0 spiro atoms. The zero-order valence-corrected chi connectivity index (χ0v) is 21.0. The molecule has 4 rings (SSSR count). The van der Waals surface area contributed by atoms with Crippen molar-refractivity contribution in [2.45, 2.75) is 59.4 Å². The first-order valence-corrected chi connectivity index (χ1v) is 11.6. The van der Waals surface area contributed by atoms with Gasteiger partial charge in [-0.3, -0.25) is 4.79 Å². The lowest BCUT2D eigenvalue weighted by molar-refractivity contribution is -0.206. The lowest BCUT2D eigenvalue weighted by Gasteiger charge is -2.46. The predicted octanol–water partition coefficient (Wildman–Crippen LogP) is 4.92. The van der Waals surface area contributed by atoms with Crippen LogP contribution in [0.3, 0.4) is 0 Å². The van der Waals surface area contributed by atoms with Gasteiger partial charge in [-0.15, -0.1) is 0 Å². The van der Waals surface area contributed by atoms with E-state index >= 15 is 0 Å². The molecule has 1 aromatic carbocycles. The second-order valence-corrected chi connectivity index (χ2v) is 10.0. The molecule has 3 atom stereocenters. The van der Waals surface area contributed by atoms with E-state index in [9.17, 15) is 4.79 Å². The van der Waals surface area contributed by atoms with E-state index in [2.05, 4.69) is 0 Å². The second kappa shape index (κ2) is 9.04. The number of aromatic nitrogens is 2. The highest BCUT2D eigenvalue weighted by Crippen LogP contribution is 2.50. The SMILES string of the molecule is COCCO[C@@]1(C)c2ccn3c(C)c(C)nc3c2O[C@H](c2ccccc2)[C@H]1OC(=O)C(C)(C)C. The third-order valence-electron chi connectivity index (χ3n) is 6.49. The first kappa shape index (κ1) is 24.2. The molecule has 0 bridgehead atoms. The maximum Gasteiger partial charge on any atom is 0.311 e. The summed E-state index contributed by atoms with van der Waals surface area (Å²) < 4.78 is 26.6. The Balaban J connectivity index is 1.93. The summed E-state index contributed by atoms with van der Waals surface area (Å²) >= 11 is 0. The zero-order valence-electron chi connectivity index (χ0n) is 21.0. The summed E-state index contributed by atoms with van der Waals surface area (Å²) in [4.78, 5) is 17.9. The molecule has 0 N–H and O–H groups in total. The quantitative estimate of drug-likeness (QED) is 0.379. The number of carbonyl (C=O) groups is 1. The molecular formula is C27H34N2O5. The van der Waals surface area contributed by atoms with Crippen molar-refractivity contribution >= 4 is 11.6 Å². The van der Waals surface area contributed by atoms with Crippen LogP contribution in [0.4, 0.5) is 0 Å². The van der Waals surface area contributed by atoms with Gasteiger partial charge in [0.1, 0.15) is 5.60 Å². The molecule has 1 aliphatic heterocycles. The Labute approximate surface area is 201 Å². The van der Waals surface area contributed by atoms with Crippen molar-refractivity contribution in [3.8, 4) is 5.75 Å². The van der Waals surface area contributed by atoms with Crippen LogP contribution >= 0.6 is 0 Å².